The van der Waals surface area contributed by atoms with Crippen LogP contribution in [0.5, 0.6) is 0 Å². The number of carboxylic acids is 2. The van der Waals surface area contributed by atoms with Crippen LogP contribution in [0.2, 0.25) is 0 Å². The van der Waals surface area contributed by atoms with Crippen molar-refractivity contribution in [1.29, 1.82) is 0 Å². The van der Waals surface area contributed by atoms with Gasteiger partial charge in [0.2, 0.25) is 0 Å². The summed E-state index contributed by atoms with van der Waals surface area (Å²) >= 11 is 0. The van der Waals surface area contributed by atoms with E-state index in [1.165, 1.54) is 30.7 Å². The maximum Gasteiger partial charge on any atom is 0.328 e. The lowest BCUT2D eigenvalue weighted by molar-refractivity contribution is -0.921. The summed E-state index contributed by atoms with van der Waals surface area (Å²) < 4.78 is 1.28. The van der Waals surface area contributed by atoms with Crippen LogP contribution in [0.4, 0.5) is 0 Å². The van der Waals surface area contributed by atoms with Gasteiger partial charge in [0.25, 0.3) is 0 Å². The van der Waals surface area contributed by atoms with Crippen LogP contribution in [-0.4, -0.2) is 47.7 Å². The van der Waals surface area contributed by atoms with Crippen LogP contribution >= 0.6 is 0 Å². The lowest BCUT2D eigenvalue weighted by atomic mass is 10.3. The minimum absolute atomic E-state index is 0.289. The Morgan fingerprint density at radius 1 is 1.06 bits per heavy atom. The molecule has 0 aliphatic carbocycles. The number of carboxylic acid groups (broad SMARTS) is 2. The number of rotatable bonds is 6. The third-order valence-corrected chi connectivity index (χ3v) is 3.35. The standard InChI is InChI=1S/C8H20N.C5H6O4/c1-5-9(6-2,7-3)8-4;1-3(5(8)9)2-4(6)7/h5-8H2,1-4H3;2H,1H3,(H,6,7)(H,8,9)/q+1;/p-1/b;3-2-. The second-order valence-electron chi connectivity index (χ2n) is 4.06. The predicted molar refractivity (Wildman–Crippen MR) is 68.8 cm³/mol. The fraction of sp³-hybridized carbons (Fsp3) is 0.692. The van der Waals surface area contributed by atoms with E-state index in [9.17, 15) is 14.7 Å². The van der Waals surface area contributed by atoms with Crippen molar-refractivity contribution in [3.63, 3.8) is 0 Å². The molecule has 18 heavy (non-hydrogen) atoms. The highest BCUT2D eigenvalue weighted by molar-refractivity contribution is 5.92. The first-order valence-corrected chi connectivity index (χ1v) is 6.26. The molecule has 0 amide bonds. The van der Waals surface area contributed by atoms with Gasteiger partial charge < -0.3 is 19.5 Å². The Kier molecular flexibility index (Phi) is 10.2. The monoisotopic (exact) mass is 259 g/mol. The molecule has 0 spiro atoms. The molecule has 0 bridgehead atoms. The Bertz CT molecular complexity index is 276. The summed E-state index contributed by atoms with van der Waals surface area (Å²) in [6, 6.07) is 0. The van der Waals surface area contributed by atoms with E-state index in [2.05, 4.69) is 27.7 Å². The van der Waals surface area contributed by atoms with Crippen molar-refractivity contribution in [2.24, 2.45) is 0 Å². The zero-order chi connectivity index (χ0) is 14.8. The van der Waals surface area contributed by atoms with Crippen molar-refractivity contribution >= 4 is 11.9 Å². The number of hydrogen-bond donors (Lipinski definition) is 1. The summed E-state index contributed by atoms with van der Waals surface area (Å²) in [6.07, 6.45) is 0.579. The molecule has 0 atom stereocenters. The quantitative estimate of drug-likeness (QED) is 0.561. The molecule has 0 saturated heterocycles. The Balaban J connectivity index is 0. The molecule has 5 heteroatoms. The third-order valence-electron chi connectivity index (χ3n) is 3.35. The topological polar surface area (TPSA) is 77.4 Å². The number of nitrogens with zero attached hydrogens (tertiary/aromatic N) is 1. The number of quaternary nitrogens is 1. The number of aliphatic carboxylic acids is 2. The van der Waals surface area contributed by atoms with Crippen molar-refractivity contribution in [2.45, 2.75) is 34.6 Å². The normalized spacial score (nSPS) is 11.5. The SMILES string of the molecule is C/C(=C/C(=O)O)C(=O)[O-].CC[N+](CC)(CC)CC. The lowest BCUT2D eigenvalue weighted by Gasteiger charge is -2.34. The molecule has 0 aromatic heterocycles. The zero-order valence-corrected chi connectivity index (χ0v) is 12.0. The van der Waals surface area contributed by atoms with Crippen molar-refractivity contribution in [3.8, 4) is 0 Å². The number of carbonyl (C=O) groups is 2. The second kappa shape index (κ2) is 9.65. The number of hydrogen-bond acceptors (Lipinski definition) is 3. The minimum atomic E-state index is -1.46. The predicted octanol–water partition coefficient (Wildman–Crippen LogP) is 0.650. The van der Waals surface area contributed by atoms with E-state index in [4.69, 9.17) is 5.11 Å². The molecule has 0 aliphatic rings. The molecule has 0 heterocycles. The van der Waals surface area contributed by atoms with E-state index in [-0.39, 0.29) is 5.57 Å². The van der Waals surface area contributed by atoms with Crippen LogP contribution in [-0.2, 0) is 9.59 Å². The molecular weight excluding hydrogens is 234 g/mol. The molecule has 0 unspecified atom stereocenters. The van der Waals surface area contributed by atoms with Crippen molar-refractivity contribution in [3.05, 3.63) is 11.6 Å². The highest BCUT2D eigenvalue weighted by Crippen LogP contribution is 2.03. The van der Waals surface area contributed by atoms with Crippen LogP contribution in [0.3, 0.4) is 0 Å². The Hall–Kier alpha value is -1.36. The van der Waals surface area contributed by atoms with E-state index in [0.717, 1.165) is 6.92 Å². The first-order chi connectivity index (χ1) is 8.28. The summed E-state index contributed by atoms with van der Waals surface area (Å²) in [5, 5.41) is 17.8. The van der Waals surface area contributed by atoms with Crippen LogP contribution in [0.15, 0.2) is 11.6 Å². The summed E-state index contributed by atoms with van der Waals surface area (Å²) in [7, 11) is 0. The smallest absolute Gasteiger partial charge is 0.328 e. The van der Waals surface area contributed by atoms with Gasteiger partial charge in [0.15, 0.2) is 0 Å². The largest absolute Gasteiger partial charge is 0.545 e. The summed E-state index contributed by atoms with van der Waals surface area (Å²) in [6.45, 7) is 15.4. The van der Waals surface area contributed by atoms with Crippen LogP contribution in [0.1, 0.15) is 34.6 Å². The van der Waals surface area contributed by atoms with Crippen molar-refractivity contribution in [2.75, 3.05) is 26.2 Å². The highest BCUT2D eigenvalue weighted by Gasteiger charge is 2.16. The number of carbonyl (C=O) groups excluding carboxylic acids is 1. The maximum absolute atomic E-state index is 9.79. The van der Waals surface area contributed by atoms with Gasteiger partial charge in [-0.05, 0) is 40.2 Å². The van der Waals surface area contributed by atoms with Crippen molar-refractivity contribution < 1.29 is 24.3 Å². The lowest BCUT2D eigenvalue weighted by Crippen LogP contribution is -2.47. The van der Waals surface area contributed by atoms with Gasteiger partial charge in [0.1, 0.15) is 0 Å². The molecule has 0 aromatic rings. The zero-order valence-electron chi connectivity index (χ0n) is 12.0. The molecular formula is C13H25NO4. The van der Waals surface area contributed by atoms with Crippen LogP contribution < -0.4 is 5.11 Å². The van der Waals surface area contributed by atoms with E-state index >= 15 is 0 Å². The first-order valence-electron chi connectivity index (χ1n) is 6.26. The van der Waals surface area contributed by atoms with Crippen LogP contribution in [0, 0.1) is 0 Å². The van der Waals surface area contributed by atoms with Gasteiger partial charge in [-0.15, -0.1) is 0 Å². The summed E-state index contributed by atoms with van der Waals surface area (Å²) in [5.74, 6) is -2.74. The van der Waals surface area contributed by atoms with Gasteiger partial charge in [0.05, 0.1) is 32.1 Å². The summed E-state index contributed by atoms with van der Waals surface area (Å²) in [5.41, 5.74) is -0.289. The first kappa shape index (κ1) is 19.0. The fourth-order valence-electron chi connectivity index (χ4n) is 1.59. The molecule has 0 aliphatic heterocycles. The molecule has 0 radical (unpaired) electrons. The van der Waals surface area contributed by atoms with E-state index < -0.39 is 11.9 Å². The average molecular weight is 259 g/mol. The Labute approximate surface area is 109 Å². The molecule has 0 aromatic carbocycles. The van der Waals surface area contributed by atoms with Gasteiger partial charge in [0, 0.05) is 6.08 Å². The highest BCUT2D eigenvalue weighted by atomic mass is 16.4. The molecule has 5 nitrogen and oxygen atoms in total. The Morgan fingerprint density at radius 3 is 1.44 bits per heavy atom. The van der Waals surface area contributed by atoms with E-state index in [1.54, 1.807) is 0 Å². The third kappa shape index (κ3) is 7.84. The van der Waals surface area contributed by atoms with Gasteiger partial charge in [-0.25, -0.2) is 4.79 Å². The molecule has 0 rings (SSSR count). The molecule has 0 saturated carbocycles. The van der Waals surface area contributed by atoms with Gasteiger partial charge in [-0.2, -0.15) is 0 Å². The second-order valence-corrected chi connectivity index (χ2v) is 4.06. The van der Waals surface area contributed by atoms with Gasteiger partial charge in [-0.1, -0.05) is 0 Å². The fourth-order valence-corrected chi connectivity index (χ4v) is 1.59. The van der Waals surface area contributed by atoms with E-state index in [0.29, 0.717) is 6.08 Å². The van der Waals surface area contributed by atoms with Gasteiger partial charge in [-0.3, -0.25) is 0 Å². The summed E-state index contributed by atoms with van der Waals surface area (Å²) in [4.78, 5) is 19.5. The van der Waals surface area contributed by atoms with E-state index in [1.807, 2.05) is 0 Å². The minimum Gasteiger partial charge on any atom is -0.545 e. The maximum atomic E-state index is 9.79. The van der Waals surface area contributed by atoms with Crippen LogP contribution in [0.25, 0.3) is 0 Å². The molecule has 0 fully saturated rings. The Morgan fingerprint density at radius 2 is 1.39 bits per heavy atom. The molecule has 106 valence electrons. The van der Waals surface area contributed by atoms with Crippen molar-refractivity contribution in [1.82, 2.24) is 0 Å². The van der Waals surface area contributed by atoms with Gasteiger partial charge >= 0.3 is 5.97 Å². The molecule has 1 N–H and O–H groups in total. The average Bonchev–Trinajstić information content (AvgIpc) is 2.32.